The fourth-order valence-corrected chi connectivity index (χ4v) is 4.86. The molecule has 4 rings (SSSR count). The molecule has 9 nitrogen and oxygen atoms in total. The van der Waals surface area contributed by atoms with Crippen LogP contribution in [-0.2, 0) is 22.7 Å². The number of benzene rings is 1. The maximum atomic E-state index is 14.6. The van der Waals surface area contributed by atoms with Gasteiger partial charge < -0.3 is 10.6 Å². The van der Waals surface area contributed by atoms with Gasteiger partial charge in [0.1, 0.15) is 6.54 Å². The maximum absolute atomic E-state index is 14.6. The fraction of sp³-hybridized carbons (Fsp3) is 0.250. The lowest BCUT2D eigenvalue weighted by Gasteiger charge is -2.25. The Labute approximate surface area is 191 Å². The Morgan fingerprint density at radius 2 is 2.12 bits per heavy atom. The van der Waals surface area contributed by atoms with Gasteiger partial charge in [-0.2, -0.15) is 10.2 Å². The Balaban J connectivity index is 1.50. The zero-order valence-corrected chi connectivity index (χ0v) is 18.2. The molecule has 1 aliphatic heterocycles. The second kappa shape index (κ2) is 9.13. The Bertz CT molecular complexity index is 1210. The monoisotopic (exact) mass is 476 g/mol. The third-order valence-electron chi connectivity index (χ3n) is 4.94. The summed E-state index contributed by atoms with van der Waals surface area (Å²) in [6.45, 7) is -0.249. The third-order valence-corrected chi connectivity index (χ3v) is 6.37. The number of carbonyl (C=O) groups excluding carboxylic acids is 3. The van der Waals surface area contributed by atoms with Crippen molar-refractivity contribution in [3.63, 3.8) is 0 Å². The van der Waals surface area contributed by atoms with E-state index in [0.29, 0.717) is 27.2 Å². The summed E-state index contributed by atoms with van der Waals surface area (Å²) in [7, 11) is 0. The Morgan fingerprint density at radius 3 is 2.88 bits per heavy atom. The van der Waals surface area contributed by atoms with Gasteiger partial charge in [0.25, 0.3) is 11.8 Å². The van der Waals surface area contributed by atoms with E-state index in [9.17, 15) is 18.9 Å². The summed E-state index contributed by atoms with van der Waals surface area (Å²) in [5, 5.41) is 4.14. The van der Waals surface area contributed by atoms with E-state index in [2.05, 4.69) is 10.1 Å². The number of pyridine rings is 1. The average molecular weight is 477 g/mol. The van der Waals surface area contributed by atoms with E-state index < -0.39 is 23.1 Å². The van der Waals surface area contributed by atoms with Gasteiger partial charge in [-0.1, -0.05) is 28.2 Å². The van der Waals surface area contributed by atoms with Crippen molar-refractivity contribution in [1.29, 1.82) is 0 Å². The standard InChI is InChI=1S/C20H18ClFN6O3S/c21-13-3-1-2-12(8-13)10-27(22)19(31)20-26(6-7-32-20)16(29)11-28-15-9-24-5-4-14(15)17(25-28)18(23)30/h1-5,8-9,20H,6-7,10-11H2,(H2,23,30). The van der Waals surface area contributed by atoms with Crippen LogP contribution < -0.4 is 5.73 Å². The van der Waals surface area contributed by atoms with Crippen LogP contribution in [0.25, 0.3) is 10.9 Å². The van der Waals surface area contributed by atoms with Crippen molar-refractivity contribution < 1.29 is 18.9 Å². The highest BCUT2D eigenvalue weighted by atomic mass is 35.5. The van der Waals surface area contributed by atoms with Gasteiger partial charge >= 0.3 is 0 Å². The molecule has 1 saturated heterocycles. The molecule has 2 aromatic heterocycles. The van der Waals surface area contributed by atoms with Crippen molar-refractivity contribution in [1.82, 2.24) is 24.8 Å². The first-order chi connectivity index (χ1) is 15.3. The van der Waals surface area contributed by atoms with Crippen molar-refractivity contribution >= 4 is 52.0 Å². The summed E-state index contributed by atoms with van der Waals surface area (Å²) in [5.74, 6) is -1.51. The second-order valence-electron chi connectivity index (χ2n) is 7.06. The highest BCUT2D eigenvalue weighted by molar-refractivity contribution is 8.00. The number of amides is 3. The fourth-order valence-electron chi connectivity index (χ4n) is 3.47. The quantitative estimate of drug-likeness (QED) is 0.544. The van der Waals surface area contributed by atoms with Gasteiger partial charge in [-0.15, -0.1) is 11.8 Å². The molecule has 3 heterocycles. The van der Waals surface area contributed by atoms with Gasteiger partial charge in [-0.05, 0) is 23.8 Å². The number of nitrogens with zero attached hydrogens (tertiary/aromatic N) is 5. The van der Waals surface area contributed by atoms with Crippen molar-refractivity contribution in [3.8, 4) is 0 Å². The lowest BCUT2D eigenvalue weighted by Crippen LogP contribution is -2.45. The van der Waals surface area contributed by atoms with E-state index in [1.54, 1.807) is 30.3 Å². The number of rotatable bonds is 6. The molecule has 0 radical (unpaired) electrons. The normalized spacial score (nSPS) is 15.8. The number of nitrogens with two attached hydrogens (primary N) is 1. The molecular formula is C20H18ClFN6O3S. The van der Waals surface area contributed by atoms with E-state index in [1.165, 1.54) is 33.7 Å². The zero-order chi connectivity index (χ0) is 22.8. The van der Waals surface area contributed by atoms with Crippen LogP contribution in [0.3, 0.4) is 0 Å². The minimum Gasteiger partial charge on any atom is -0.364 e. The molecule has 1 aliphatic rings. The smallest absolute Gasteiger partial charge is 0.283 e. The first-order valence-electron chi connectivity index (χ1n) is 9.58. The van der Waals surface area contributed by atoms with Crippen molar-refractivity contribution in [2.24, 2.45) is 5.73 Å². The number of primary amides is 1. The number of aromatic nitrogens is 3. The molecular weight excluding hydrogens is 459 g/mol. The summed E-state index contributed by atoms with van der Waals surface area (Å²) in [6.07, 6.45) is 2.96. The molecule has 3 aromatic rings. The zero-order valence-electron chi connectivity index (χ0n) is 16.6. The third kappa shape index (κ3) is 4.39. The molecule has 1 fully saturated rings. The molecule has 3 amide bonds. The predicted molar refractivity (Wildman–Crippen MR) is 117 cm³/mol. The molecule has 0 saturated carbocycles. The topological polar surface area (TPSA) is 114 Å². The molecule has 166 valence electrons. The SMILES string of the molecule is NC(=O)c1nn(CC(=O)N2CCSC2C(=O)N(F)Cc2cccc(Cl)c2)c2cnccc12. The first-order valence-corrected chi connectivity index (χ1v) is 11.0. The van der Waals surface area contributed by atoms with Crippen LogP contribution in [-0.4, -0.2) is 60.2 Å². The number of hydrogen-bond donors (Lipinski definition) is 1. The molecule has 0 spiro atoms. The molecule has 0 aliphatic carbocycles. The minimum atomic E-state index is -0.998. The molecule has 2 N–H and O–H groups in total. The van der Waals surface area contributed by atoms with Crippen molar-refractivity contribution in [3.05, 3.63) is 59.0 Å². The van der Waals surface area contributed by atoms with Crippen molar-refractivity contribution in [2.45, 2.75) is 18.5 Å². The van der Waals surface area contributed by atoms with Crippen LogP contribution in [0, 0.1) is 0 Å². The molecule has 0 bridgehead atoms. The minimum absolute atomic E-state index is 0.0232. The summed E-state index contributed by atoms with van der Waals surface area (Å²) >= 11 is 7.10. The van der Waals surface area contributed by atoms with E-state index in [-0.39, 0.29) is 30.5 Å². The summed E-state index contributed by atoms with van der Waals surface area (Å²) in [4.78, 5) is 42.7. The highest BCUT2D eigenvalue weighted by Crippen LogP contribution is 2.27. The Hall–Kier alpha value is -3.18. The predicted octanol–water partition coefficient (Wildman–Crippen LogP) is 2.00. The number of halogens is 2. The van der Waals surface area contributed by atoms with Gasteiger partial charge in [0.05, 0.1) is 18.3 Å². The number of hydrogen-bond acceptors (Lipinski definition) is 6. The van der Waals surface area contributed by atoms with Gasteiger partial charge in [-0.25, -0.2) is 0 Å². The van der Waals surface area contributed by atoms with Crippen LogP contribution in [0.5, 0.6) is 0 Å². The van der Waals surface area contributed by atoms with E-state index in [4.69, 9.17) is 17.3 Å². The lowest BCUT2D eigenvalue weighted by atomic mass is 10.2. The summed E-state index contributed by atoms with van der Waals surface area (Å²) < 4.78 is 16.0. The van der Waals surface area contributed by atoms with Crippen LogP contribution in [0.15, 0.2) is 42.7 Å². The molecule has 32 heavy (non-hydrogen) atoms. The Kier molecular flexibility index (Phi) is 6.28. The van der Waals surface area contributed by atoms with Crippen molar-refractivity contribution in [2.75, 3.05) is 12.3 Å². The van der Waals surface area contributed by atoms with E-state index in [1.807, 2.05) is 0 Å². The van der Waals surface area contributed by atoms with Gasteiger partial charge in [0.15, 0.2) is 11.1 Å². The van der Waals surface area contributed by atoms with E-state index >= 15 is 0 Å². The van der Waals surface area contributed by atoms with Gasteiger partial charge in [0.2, 0.25) is 5.91 Å². The first kappa shape index (κ1) is 22.0. The second-order valence-corrected chi connectivity index (χ2v) is 8.69. The van der Waals surface area contributed by atoms with Gasteiger partial charge in [-0.3, -0.25) is 24.0 Å². The van der Waals surface area contributed by atoms with E-state index in [0.717, 1.165) is 0 Å². The average Bonchev–Trinajstić information content (AvgIpc) is 3.39. The summed E-state index contributed by atoms with van der Waals surface area (Å²) in [5.41, 5.74) is 6.39. The number of carbonyl (C=O) groups is 3. The van der Waals surface area contributed by atoms with Crippen LogP contribution >= 0.6 is 23.4 Å². The molecule has 1 aromatic carbocycles. The maximum Gasteiger partial charge on any atom is 0.283 e. The Morgan fingerprint density at radius 1 is 1.31 bits per heavy atom. The largest absolute Gasteiger partial charge is 0.364 e. The molecule has 12 heteroatoms. The van der Waals surface area contributed by atoms with Crippen LogP contribution in [0.2, 0.25) is 5.02 Å². The molecule has 1 atom stereocenters. The number of fused-ring (bicyclic) bond motifs is 1. The van der Waals surface area contributed by atoms with Gasteiger partial charge in [0, 0.05) is 28.9 Å². The summed E-state index contributed by atoms with van der Waals surface area (Å²) in [6, 6.07) is 8.13. The lowest BCUT2D eigenvalue weighted by molar-refractivity contribution is -0.153. The number of thioether (sulfide) groups is 1. The molecule has 1 unspecified atom stereocenters. The van der Waals surface area contributed by atoms with Crippen LogP contribution in [0.1, 0.15) is 16.1 Å². The highest BCUT2D eigenvalue weighted by Gasteiger charge is 2.38. The van der Waals surface area contributed by atoms with Crippen LogP contribution in [0.4, 0.5) is 4.48 Å².